The highest BCUT2D eigenvalue weighted by Crippen LogP contribution is 2.33. The molecular formula is C12H24O. The fourth-order valence-electron chi connectivity index (χ4n) is 2.45. The maximum atomic E-state index is 9.44. The Bertz CT molecular complexity index is 123. The van der Waals surface area contributed by atoms with Crippen molar-refractivity contribution in [2.75, 3.05) is 0 Å². The van der Waals surface area contributed by atoms with Crippen LogP contribution < -0.4 is 0 Å². The zero-order chi connectivity index (χ0) is 9.68. The van der Waals surface area contributed by atoms with Gasteiger partial charge in [-0.05, 0) is 31.6 Å². The van der Waals surface area contributed by atoms with Crippen LogP contribution in [0.2, 0.25) is 0 Å². The molecule has 78 valence electrons. The van der Waals surface area contributed by atoms with Crippen LogP contribution in [0.5, 0.6) is 0 Å². The molecule has 0 spiro atoms. The minimum atomic E-state index is -0.0767. The van der Waals surface area contributed by atoms with Crippen molar-refractivity contribution in [2.45, 2.75) is 64.9 Å². The molecule has 0 heterocycles. The van der Waals surface area contributed by atoms with Gasteiger partial charge in [-0.1, -0.05) is 39.0 Å². The monoisotopic (exact) mass is 184 g/mol. The van der Waals surface area contributed by atoms with Crippen molar-refractivity contribution in [1.29, 1.82) is 0 Å². The van der Waals surface area contributed by atoms with E-state index in [1.165, 1.54) is 44.9 Å². The van der Waals surface area contributed by atoms with E-state index >= 15 is 0 Å². The van der Waals surface area contributed by atoms with Gasteiger partial charge in [0, 0.05) is 0 Å². The smallest absolute Gasteiger partial charge is 0.0540 e. The predicted molar refractivity (Wildman–Crippen MR) is 56.7 cm³/mol. The Morgan fingerprint density at radius 3 is 2.31 bits per heavy atom. The first-order valence-corrected chi connectivity index (χ1v) is 5.92. The minimum absolute atomic E-state index is 0.0767. The van der Waals surface area contributed by atoms with Crippen molar-refractivity contribution in [3.05, 3.63) is 0 Å². The van der Waals surface area contributed by atoms with Crippen molar-refractivity contribution >= 4 is 0 Å². The van der Waals surface area contributed by atoms with Crippen molar-refractivity contribution < 1.29 is 5.11 Å². The lowest BCUT2D eigenvalue weighted by atomic mass is 9.78. The zero-order valence-corrected chi connectivity index (χ0v) is 9.13. The summed E-state index contributed by atoms with van der Waals surface area (Å²) in [5.74, 6) is 1.56. The number of aliphatic hydroxyl groups excluding tert-OH is 1. The van der Waals surface area contributed by atoms with Gasteiger partial charge in [0.2, 0.25) is 0 Å². The van der Waals surface area contributed by atoms with Crippen molar-refractivity contribution in [1.82, 2.24) is 0 Å². The second-order valence-electron chi connectivity index (χ2n) is 4.66. The van der Waals surface area contributed by atoms with Gasteiger partial charge in [0.05, 0.1) is 6.10 Å². The molecule has 0 bridgehead atoms. The molecule has 0 radical (unpaired) electrons. The Kier molecular flexibility index (Phi) is 4.79. The van der Waals surface area contributed by atoms with Crippen LogP contribution in [0, 0.1) is 11.8 Å². The summed E-state index contributed by atoms with van der Waals surface area (Å²) < 4.78 is 0. The standard InChI is InChI=1S/C12H24O/c1-3-4-5-11-6-8-12(9-7-11)10(2)13/h10-13H,3-9H2,1-2H3. The Labute approximate surface area is 82.5 Å². The largest absolute Gasteiger partial charge is 0.393 e. The van der Waals surface area contributed by atoms with Crippen molar-refractivity contribution in [3.8, 4) is 0 Å². The van der Waals surface area contributed by atoms with Crippen LogP contribution in [0.25, 0.3) is 0 Å². The van der Waals surface area contributed by atoms with E-state index in [2.05, 4.69) is 6.92 Å². The molecule has 0 aromatic heterocycles. The molecule has 1 saturated carbocycles. The third-order valence-corrected chi connectivity index (χ3v) is 3.54. The van der Waals surface area contributed by atoms with Crippen LogP contribution in [-0.2, 0) is 0 Å². The van der Waals surface area contributed by atoms with Gasteiger partial charge in [-0.25, -0.2) is 0 Å². The molecule has 1 heteroatoms. The van der Waals surface area contributed by atoms with Crippen LogP contribution in [-0.4, -0.2) is 11.2 Å². The lowest BCUT2D eigenvalue weighted by Crippen LogP contribution is -2.23. The van der Waals surface area contributed by atoms with E-state index in [9.17, 15) is 5.11 Å². The topological polar surface area (TPSA) is 20.2 Å². The molecule has 1 atom stereocenters. The second-order valence-corrected chi connectivity index (χ2v) is 4.66. The fourth-order valence-corrected chi connectivity index (χ4v) is 2.45. The van der Waals surface area contributed by atoms with Crippen LogP contribution in [0.1, 0.15) is 58.8 Å². The van der Waals surface area contributed by atoms with Gasteiger partial charge in [-0.2, -0.15) is 0 Å². The number of hydrogen-bond acceptors (Lipinski definition) is 1. The average molecular weight is 184 g/mol. The lowest BCUT2D eigenvalue weighted by molar-refractivity contribution is 0.0869. The summed E-state index contributed by atoms with van der Waals surface area (Å²) in [6, 6.07) is 0. The lowest BCUT2D eigenvalue weighted by Gasteiger charge is -2.30. The maximum Gasteiger partial charge on any atom is 0.0540 e. The summed E-state index contributed by atoms with van der Waals surface area (Å²) in [5.41, 5.74) is 0. The molecule has 0 aromatic rings. The first-order valence-electron chi connectivity index (χ1n) is 5.92. The van der Waals surface area contributed by atoms with Crippen LogP contribution in [0.15, 0.2) is 0 Å². The molecule has 1 N–H and O–H groups in total. The van der Waals surface area contributed by atoms with Crippen LogP contribution in [0.3, 0.4) is 0 Å². The third-order valence-electron chi connectivity index (χ3n) is 3.54. The highest BCUT2D eigenvalue weighted by atomic mass is 16.3. The second kappa shape index (κ2) is 5.64. The molecular weight excluding hydrogens is 160 g/mol. The summed E-state index contributed by atoms with van der Waals surface area (Å²) in [7, 11) is 0. The Hall–Kier alpha value is -0.0400. The van der Waals surface area contributed by atoms with E-state index < -0.39 is 0 Å². The van der Waals surface area contributed by atoms with Crippen molar-refractivity contribution in [3.63, 3.8) is 0 Å². The van der Waals surface area contributed by atoms with E-state index in [1.807, 2.05) is 6.92 Å². The summed E-state index contributed by atoms with van der Waals surface area (Å²) in [4.78, 5) is 0. The predicted octanol–water partition coefficient (Wildman–Crippen LogP) is 3.36. The third kappa shape index (κ3) is 3.68. The molecule has 1 fully saturated rings. The molecule has 0 amide bonds. The average Bonchev–Trinajstić information content (AvgIpc) is 2.15. The van der Waals surface area contributed by atoms with Crippen LogP contribution >= 0.6 is 0 Å². The first kappa shape index (κ1) is 11.0. The van der Waals surface area contributed by atoms with E-state index in [-0.39, 0.29) is 6.10 Å². The summed E-state index contributed by atoms with van der Waals surface area (Å²) >= 11 is 0. The van der Waals surface area contributed by atoms with E-state index in [0.29, 0.717) is 5.92 Å². The molecule has 13 heavy (non-hydrogen) atoms. The van der Waals surface area contributed by atoms with E-state index in [4.69, 9.17) is 0 Å². The van der Waals surface area contributed by atoms with Gasteiger partial charge in [0.15, 0.2) is 0 Å². The SMILES string of the molecule is CCCCC1CCC(C(C)O)CC1. The molecule has 0 aliphatic heterocycles. The van der Waals surface area contributed by atoms with Gasteiger partial charge in [0.25, 0.3) is 0 Å². The van der Waals surface area contributed by atoms with Gasteiger partial charge < -0.3 is 5.11 Å². The summed E-state index contributed by atoms with van der Waals surface area (Å²) in [5, 5.41) is 9.44. The maximum absolute atomic E-state index is 9.44. The normalized spacial score (nSPS) is 31.6. The summed E-state index contributed by atoms with van der Waals surface area (Å²) in [6.07, 6.45) is 9.29. The molecule has 1 aliphatic rings. The Balaban J connectivity index is 2.15. The number of hydrogen-bond donors (Lipinski definition) is 1. The highest BCUT2D eigenvalue weighted by molar-refractivity contribution is 4.75. The van der Waals surface area contributed by atoms with Crippen LogP contribution in [0.4, 0.5) is 0 Å². The fraction of sp³-hybridized carbons (Fsp3) is 1.00. The zero-order valence-electron chi connectivity index (χ0n) is 9.13. The molecule has 1 unspecified atom stereocenters. The Morgan fingerprint density at radius 1 is 1.23 bits per heavy atom. The van der Waals surface area contributed by atoms with Gasteiger partial charge in [-0.3, -0.25) is 0 Å². The number of aliphatic hydroxyl groups is 1. The van der Waals surface area contributed by atoms with Gasteiger partial charge >= 0.3 is 0 Å². The first-order chi connectivity index (χ1) is 6.24. The number of rotatable bonds is 4. The quantitative estimate of drug-likeness (QED) is 0.710. The molecule has 1 nitrogen and oxygen atoms in total. The van der Waals surface area contributed by atoms with Gasteiger partial charge in [0.1, 0.15) is 0 Å². The Morgan fingerprint density at radius 2 is 1.85 bits per heavy atom. The van der Waals surface area contributed by atoms with E-state index in [1.54, 1.807) is 0 Å². The van der Waals surface area contributed by atoms with E-state index in [0.717, 1.165) is 5.92 Å². The van der Waals surface area contributed by atoms with Crippen molar-refractivity contribution in [2.24, 2.45) is 11.8 Å². The number of unbranched alkanes of at least 4 members (excludes halogenated alkanes) is 1. The minimum Gasteiger partial charge on any atom is -0.393 e. The molecule has 0 aromatic carbocycles. The van der Waals surface area contributed by atoms with Gasteiger partial charge in [-0.15, -0.1) is 0 Å². The molecule has 1 aliphatic carbocycles. The molecule has 1 rings (SSSR count). The highest BCUT2D eigenvalue weighted by Gasteiger charge is 2.23. The summed E-state index contributed by atoms with van der Waals surface area (Å²) in [6.45, 7) is 4.21. The molecule has 0 saturated heterocycles.